The van der Waals surface area contributed by atoms with Gasteiger partial charge in [0.2, 0.25) is 0 Å². The van der Waals surface area contributed by atoms with E-state index in [1.54, 1.807) is 24.3 Å². The number of carbonyl (C=O) groups excluding carboxylic acids is 3. The zero-order valence-corrected chi connectivity index (χ0v) is 13.7. The van der Waals surface area contributed by atoms with Gasteiger partial charge in [0.05, 0.1) is 18.2 Å². The number of aromatic hydroxyl groups is 2. The van der Waals surface area contributed by atoms with Gasteiger partial charge in [-0.2, -0.15) is 0 Å². The molecule has 3 rings (SSSR count). The average Bonchev–Trinajstić information content (AvgIpc) is 2.62. The molecule has 0 spiro atoms. The minimum absolute atomic E-state index is 0.0433. The third-order valence-corrected chi connectivity index (χ3v) is 4.65. The predicted octanol–water partition coefficient (Wildman–Crippen LogP) is 2.98. The van der Waals surface area contributed by atoms with Crippen LogP contribution in [0, 0.1) is 5.92 Å². The lowest BCUT2D eigenvalue weighted by molar-refractivity contribution is -0.140. The Morgan fingerprint density at radius 1 is 1.12 bits per heavy atom. The highest BCUT2D eigenvalue weighted by molar-refractivity contribution is 6.21. The van der Waals surface area contributed by atoms with Crippen LogP contribution in [-0.2, 0) is 9.53 Å². The van der Waals surface area contributed by atoms with Gasteiger partial charge in [-0.3, -0.25) is 14.4 Å². The van der Waals surface area contributed by atoms with Crippen molar-refractivity contribution in [3.63, 3.8) is 0 Å². The van der Waals surface area contributed by atoms with Gasteiger partial charge in [0.25, 0.3) is 0 Å². The summed E-state index contributed by atoms with van der Waals surface area (Å²) in [5.41, 5.74) is -0.221. The number of fused-ring (bicyclic) bond motifs is 2. The molecular formula is C19H18O6. The summed E-state index contributed by atoms with van der Waals surface area (Å²) >= 11 is 0. The minimum Gasteiger partial charge on any atom is -0.507 e. The van der Waals surface area contributed by atoms with E-state index in [-0.39, 0.29) is 53.0 Å². The molecule has 0 fully saturated rings. The molecule has 2 N–H and O–H groups in total. The second-order valence-electron chi connectivity index (χ2n) is 6.15. The first-order chi connectivity index (χ1) is 12.0. The van der Waals surface area contributed by atoms with Crippen LogP contribution in [0.3, 0.4) is 0 Å². The maximum atomic E-state index is 12.8. The number of ether oxygens (including phenoxy) is 1. The molecule has 2 aromatic carbocycles. The summed E-state index contributed by atoms with van der Waals surface area (Å²) in [5, 5.41) is 21.6. The van der Waals surface area contributed by atoms with Crippen LogP contribution in [0.1, 0.15) is 46.4 Å². The SMILES string of the molecule is COC(=O)CCCC1CC(=O)c2c(c(O)c3ccccc3c2O)C1=O. The van der Waals surface area contributed by atoms with Gasteiger partial charge in [0.1, 0.15) is 11.5 Å². The van der Waals surface area contributed by atoms with Crippen molar-refractivity contribution < 1.29 is 29.3 Å². The summed E-state index contributed by atoms with van der Waals surface area (Å²) in [4.78, 5) is 36.5. The predicted molar refractivity (Wildman–Crippen MR) is 89.9 cm³/mol. The Labute approximate surface area is 144 Å². The molecule has 1 aliphatic rings. The summed E-state index contributed by atoms with van der Waals surface area (Å²) in [7, 11) is 1.29. The van der Waals surface area contributed by atoms with Crippen molar-refractivity contribution in [2.45, 2.75) is 25.7 Å². The van der Waals surface area contributed by atoms with Gasteiger partial charge in [-0.25, -0.2) is 0 Å². The molecule has 25 heavy (non-hydrogen) atoms. The maximum Gasteiger partial charge on any atom is 0.305 e. The number of benzene rings is 2. The number of carbonyl (C=O) groups is 3. The fourth-order valence-corrected chi connectivity index (χ4v) is 3.36. The molecule has 0 amide bonds. The molecule has 1 aliphatic carbocycles. The van der Waals surface area contributed by atoms with Crippen molar-refractivity contribution in [1.29, 1.82) is 0 Å². The van der Waals surface area contributed by atoms with Crippen LogP contribution >= 0.6 is 0 Å². The molecule has 6 heteroatoms. The number of rotatable bonds is 4. The van der Waals surface area contributed by atoms with E-state index in [1.807, 2.05) is 0 Å². The Kier molecular flexibility index (Phi) is 4.44. The maximum absolute atomic E-state index is 12.8. The van der Waals surface area contributed by atoms with E-state index < -0.39 is 5.92 Å². The summed E-state index contributed by atoms with van der Waals surface area (Å²) in [6.45, 7) is 0. The Bertz CT molecular complexity index is 883. The highest BCUT2D eigenvalue weighted by Crippen LogP contribution is 2.44. The molecule has 130 valence electrons. The van der Waals surface area contributed by atoms with E-state index in [0.717, 1.165) is 0 Å². The number of phenolic OH excluding ortho intramolecular Hbond substituents is 2. The lowest BCUT2D eigenvalue weighted by atomic mass is 9.77. The topological polar surface area (TPSA) is 101 Å². The fraction of sp³-hybridized carbons (Fsp3) is 0.316. The van der Waals surface area contributed by atoms with Crippen molar-refractivity contribution >= 4 is 28.3 Å². The molecule has 0 saturated heterocycles. The van der Waals surface area contributed by atoms with Gasteiger partial charge in [-0.1, -0.05) is 24.3 Å². The Morgan fingerprint density at radius 2 is 1.72 bits per heavy atom. The standard InChI is InChI=1S/C19H18O6/c1-25-14(21)8-4-5-10-9-13(20)15-16(17(10)22)19(24)12-7-3-2-6-11(12)18(15)23/h2-3,6-7,10,23-24H,4-5,8-9H2,1H3. The lowest BCUT2D eigenvalue weighted by Crippen LogP contribution is -2.27. The van der Waals surface area contributed by atoms with Crippen LogP contribution in [0.4, 0.5) is 0 Å². The van der Waals surface area contributed by atoms with Crippen LogP contribution in [0.5, 0.6) is 11.5 Å². The van der Waals surface area contributed by atoms with E-state index >= 15 is 0 Å². The van der Waals surface area contributed by atoms with Crippen LogP contribution in [0.25, 0.3) is 10.8 Å². The normalized spacial score (nSPS) is 16.8. The first-order valence-corrected chi connectivity index (χ1v) is 8.06. The Morgan fingerprint density at radius 3 is 2.32 bits per heavy atom. The van der Waals surface area contributed by atoms with Crippen molar-refractivity contribution in [2.24, 2.45) is 5.92 Å². The quantitative estimate of drug-likeness (QED) is 0.654. The number of hydrogen-bond donors (Lipinski definition) is 2. The summed E-state index contributed by atoms with van der Waals surface area (Å²) in [5.74, 6) is -2.29. The molecule has 0 bridgehead atoms. The Balaban J connectivity index is 1.99. The van der Waals surface area contributed by atoms with Gasteiger partial charge >= 0.3 is 5.97 Å². The van der Waals surface area contributed by atoms with Gasteiger partial charge in [0, 0.05) is 29.5 Å². The largest absolute Gasteiger partial charge is 0.507 e. The van der Waals surface area contributed by atoms with E-state index in [0.29, 0.717) is 23.6 Å². The third kappa shape index (κ3) is 2.84. The molecule has 0 saturated carbocycles. The van der Waals surface area contributed by atoms with Crippen LogP contribution < -0.4 is 0 Å². The molecule has 0 aliphatic heterocycles. The molecule has 1 atom stereocenters. The van der Waals surface area contributed by atoms with Crippen molar-refractivity contribution in [1.82, 2.24) is 0 Å². The van der Waals surface area contributed by atoms with E-state index in [2.05, 4.69) is 4.74 Å². The van der Waals surface area contributed by atoms with Crippen LogP contribution in [0.15, 0.2) is 24.3 Å². The third-order valence-electron chi connectivity index (χ3n) is 4.65. The van der Waals surface area contributed by atoms with Crippen LogP contribution in [0.2, 0.25) is 0 Å². The number of ketones is 2. The van der Waals surface area contributed by atoms with Crippen LogP contribution in [-0.4, -0.2) is 34.9 Å². The lowest BCUT2D eigenvalue weighted by Gasteiger charge is -2.24. The highest BCUT2D eigenvalue weighted by atomic mass is 16.5. The highest BCUT2D eigenvalue weighted by Gasteiger charge is 2.37. The van der Waals surface area contributed by atoms with Crippen molar-refractivity contribution in [3.05, 3.63) is 35.4 Å². The van der Waals surface area contributed by atoms with E-state index in [9.17, 15) is 24.6 Å². The second-order valence-corrected chi connectivity index (χ2v) is 6.15. The number of phenols is 2. The minimum atomic E-state index is -0.615. The summed E-state index contributed by atoms with van der Waals surface area (Å²) in [6.07, 6.45) is 0.868. The molecule has 0 heterocycles. The molecule has 6 nitrogen and oxygen atoms in total. The zero-order valence-electron chi connectivity index (χ0n) is 13.7. The smallest absolute Gasteiger partial charge is 0.305 e. The summed E-state index contributed by atoms with van der Waals surface area (Å²) in [6, 6.07) is 6.53. The van der Waals surface area contributed by atoms with Gasteiger partial charge in [-0.15, -0.1) is 0 Å². The zero-order chi connectivity index (χ0) is 18.1. The second kappa shape index (κ2) is 6.55. The molecule has 0 aromatic heterocycles. The van der Waals surface area contributed by atoms with E-state index in [4.69, 9.17) is 0 Å². The van der Waals surface area contributed by atoms with Gasteiger partial charge in [-0.05, 0) is 12.8 Å². The molecule has 2 aromatic rings. The van der Waals surface area contributed by atoms with E-state index in [1.165, 1.54) is 7.11 Å². The van der Waals surface area contributed by atoms with Gasteiger partial charge in [0.15, 0.2) is 11.6 Å². The first kappa shape index (κ1) is 17.0. The molecular weight excluding hydrogens is 324 g/mol. The first-order valence-electron chi connectivity index (χ1n) is 8.06. The van der Waals surface area contributed by atoms with Gasteiger partial charge < -0.3 is 14.9 Å². The number of esters is 1. The Hall–Kier alpha value is -2.89. The van der Waals surface area contributed by atoms with Crippen molar-refractivity contribution in [2.75, 3.05) is 7.11 Å². The number of methoxy groups -OCH3 is 1. The fourth-order valence-electron chi connectivity index (χ4n) is 3.36. The van der Waals surface area contributed by atoms with Crippen molar-refractivity contribution in [3.8, 4) is 11.5 Å². The number of hydrogen-bond acceptors (Lipinski definition) is 6. The molecule has 1 unspecified atom stereocenters. The number of Topliss-reactive ketones (excluding diaryl/α,β-unsaturated/α-hetero) is 2. The monoisotopic (exact) mass is 342 g/mol. The summed E-state index contributed by atoms with van der Waals surface area (Å²) < 4.78 is 4.56. The molecule has 0 radical (unpaired) electrons. The average molecular weight is 342 g/mol.